The van der Waals surface area contributed by atoms with E-state index in [1.807, 2.05) is 11.3 Å². The van der Waals surface area contributed by atoms with Crippen molar-refractivity contribution in [2.24, 2.45) is 18.9 Å². The number of benzene rings is 2. The lowest BCUT2D eigenvalue weighted by Crippen LogP contribution is -2.31. The quantitative estimate of drug-likeness (QED) is 0.316. The molecule has 2 aromatic carbocycles. The van der Waals surface area contributed by atoms with Gasteiger partial charge in [-0.1, -0.05) is 25.0 Å². The Morgan fingerprint density at radius 2 is 1.79 bits per heavy atom. The molecule has 3 saturated carbocycles. The molecule has 4 aromatic rings. The zero-order valence-electron chi connectivity index (χ0n) is 17.3. The van der Waals surface area contributed by atoms with Gasteiger partial charge in [0.2, 0.25) is 5.69 Å². The fraction of sp³-hybridized carbons (Fsp3) is 0.370. The monoisotopic (exact) mass is 398 g/mol. The lowest BCUT2D eigenvalue weighted by molar-refractivity contribution is -0.659. The van der Waals surface area contributed by atoms with Crippen molar-refractivity contribution in [1.82, 2.24) is 0 Å². The van der Waals surface area contributed by atoms with Crippen molar-refractivity contribution in [3.8, 4) is 11.3 Å². The largest absolute Gasteiger partial charge is 0.220 e. The number of pyridine rings is 1. The van der Waals surface area contributed by atoms with Gasteiger partial charge >= 0.3 is 0 Å². The van der Waals surface area contributed by atoms with Gasteiger partial charge in [-0.3, -0.25) is 0 Å². The number of rotatable bonds is 2. The zero-order valence-corrected chi connectivity index (χ0v) is 18.1. The van der Waals surface area contributed by atoms with Gasteiger partial charge in [-0.2, -0.15) is 0 Å². The maximum Gasteiger partial charge on any atom is 0.220 e. The van der Waals surface area contributed by atoms with Crippen LogP contribution >= 0.6 is 11.3 Å². The Bertz CT molecular complexity index is 1230. The molecule has 0 radical (unpaired) electrons. The second kappa shape index (κ2) is 6.67. The van der Waals surface area contributed by atoms with E-state index in [2.05, 4.69) is 72.6 Å². The maximum atomic E-state index is 2.50. The summed E-state index contributed by atoms with van der Waals surface area (Å²) in [5.74, 6) is 2.68. The first kappa shape index (κ1) is 17.7. The molecule has 29 heavy (non-hydrogen) atoms. The highest BCUT2D eigenvalue weighted by Crippen LogP contribution is 2.50. The van der Waals surface area contributed by atoms with E-state index in [1.54, 1.807) is 5.56 Å². The second-order valence-electron chi connectivity index (χ2n) is 9.37. The van der Waals surface area contributed by atoms with Gasteiger partial charge in [0.25, 0.3) is 0 Å². The molecule has 3 aliphatic carbocycles. The fourth-order valence-corrected chi connectivity index (χ4v) is 6.93. The minimum atomic E-state index is 0.786. The number of nitrogens with zero attached hydrogens (tertiary/aromatic N) is 1. The van der Waals surface area contributed by atoms with E-state index in [0.29, 0.717) is 0 Å². The molecule has 0 aliphatic heterocycles. The van der Waals surface area contributed by atoms with E-state index in [1.165, 1.54) is 69.8 Å². The summed E-state index contributed by atoms with van der Waals surface area (Å²) in [7, 11) is 2.18. The van der Waals surface area contributed by atoms with Gasteiger partial charge in [0.05, 0.1) is 10.9 Å². The average molecular weight is 399 g/mol. The first-order valence-corrected chi connectivity index (χ1v) is 12.0. The Balaban J connectivity index is 1.50. The summed E-state index contributed by atoms with van der Waals surface area (Å²) >= 11 is 1.83. The number of hydrogen-bond acceptors (Lipinski definition) is 1. The molecule has 1 nitrogen and oxygen atoms in total. The van der Waals surface area contributed by atoms with Crippen molar-refractivity contribution in [2.75, 3.05) is 0 Å². The molecule has 0 amide bonds. The number of fused-ring (bicyclic) bond motifs is 5. The van der Waals surface area contributed by atoms with Crippen molar-refractivity contribution in [1.29, 1.82) is 0 Å². The fourth-order valence-electron chi connectivity index (χ4n) is 6.12. The van der Waals surface area contributed by atoms with Crippen LogP contribution in [-0.4, -0.2) is 0 Å². The molecule has 0 saturated heterocycles. The van der Waals surface area contributed by atoms with Crippen molar-refractivity contribution in [3.63, 3.8) is 0 Å². The summed E-state index contributed by atoms with van der Waals surface area (Å²) in [4.78, 5) is 0. The highest BCUT2D eigenvalue weighted by molar-refractivity contribution is 7.17. The van der Waals surface area contributed by atoms with Crippen LogP contribution in [0, 0.1) is 18.8 Å². The smallest absolute Gasteiger partial charge is 0.200 e. The molecular formula is C27H28NS+. The van der Waals surface area contributed by atoms with Crippen LogP contribution in [0.1, 0.15) is 49.1 Å². The third-order valence-corrected chi connectivity index (χ3v) is 8.57. The SMILES string of the molecule is Cc1cc2ccsc2cc1-c1c2ccc(C3CC4CCC3CC4)cc2cc[n+]1C. The molecule has 2 heterocycles. The third kappa shape index (κ3) is 2.84. The van der Waals surface area contributed by atoms with E-state index in [0.717, 1.165) is 17.8 Å². The number of hydrogen-bond donors (Lipinski definition) is 0. The van der Waals surface area contributed by atoms with Gasteiger partial charge in [0.1, 0.15) is 7.05 Å². The van der Waals surface area contributed by atoms with Crippen LogP contribution in [0.4, 0.5) is 0 Å². The van der Waals surface area contributed by atoms with Crippen molar-refractivity contribution in [2.45, 2.75) is 44.9 Å². The minimum absolute atomic E-state index is 0.786. The molecular weight excluding hydrogens is 370 g/mol. The molecule has 2 heteroatoms. The predicted octanol–water partition coefficient (Wildman–Crippen LogP) is 7.15. The molecule has 3 fully saturated rings. The average Bonchev–Trinajstić information content (AvgIpc) is 3.21. The Morgan fingerprint density at radius 1 is 0.931 bits per heavy atom. The van der Waals surface area contributed by atoms with Gasteiger partial charge in [-0.25, -0.2) is 4.57 Å². The molecule has 2 bridgehead atoms. The van der Waals surface area contributed by atoms with Crippen LogP contribution in [0.15, 0.2) is 54.0 Å². The molecule has 3 aliphatic rings. The molecule has 1 unspecified atom stereocenters. The summed E-state index contributed by atoms with van der Waals surface area (Å²) in [5.41, 5.74) is 5.63. The van der Waals surface area contributed by atoms with E-state index >= 15 is 0 Å². The number of thiophene rings is 1. The molecule has 0 N–H and O–H groups in total. The van der Waals surface area contributed by atoms with E-state index < -0.39 is 0 Å². The molecule has 7 rings (SSSR count). The maximum absolute atomic E-state index is 2.50. The minimum Gasteiger partial charge on any atom is -0.200 e. The molecule has 2 aromatic heterocycles. The number of aryl methyl sites for hydroxylation is 2. The van der Waals surface area contributed by atoms with Gasteiger partial charge in [0, 0.05) is 10.8 Å². The molecule has 1 atom stereocenters. The van der Waals surface area contributed by atoms with Crippen LogP contribution in [0.25, 0.3) is 32.1 Å². The van der Waals surface area contributed by atoms with Crippen molar-refractivity contribution < 1.29 is 4.57 Å². The van der Waals surface area contributed by atoms with Crippen molar-refractivity contribution in [3.05, 3.63) is 65.2 Å². The summed E-state index contributed by atoms with van der Waals surface area (Å²) in [6.07, 6.45) is 9.49. The van der Waals surface area contributed by atoms with Crippen LogP contribution < -0.4 is 4.57 Å². The number of aromatic nitrogens is 1. The van der Waals surface area contributed by atoms with E-state index in [-0.39, 0.29) is 0 Å². The lowest BCUT2D eigenvalue weighted by atomic mass is 9.63. The highest BCUT2D eigenvalue weighted by atomic mass is 32.1. The summed E-state index contributed by atoms with van der Waals surface area (Å²) < 4.78 is 3.67. The normalized spacial score (nSPS) is 23.9. The summed E-state index contributed by atoms with van der Waals surface area (Å²) in [5, 5.41) is 6.32. The van der Waals surface area contributed by atoms with Crippen LogP contribution in [-0.2, 0) is 7.05 Å². The lowest BCUT2D eigenvalue weighted by Gasteiger charge is -2.42. The molecule has 146 valence electrons. The highest BCUT2D eigenvalue weighted by Gasteiger charge is 2.36. The Kier molecular flexibility index (Phi) is 4.06. The topological polar surface area (TPSA) is 3.88 Å². The van der Waals surface area contributed by atoms with Crippen LogP contribution in [0.3, 0.4) is 0 Å². The van der Waals surface area contributed by atoms with E-state index in [4.69, 9.17) is 0 Å². The van der Waals surface area contributed by atoms with Crippen molar-refractivity contribution >= 4 is 32.2 Å². The van der Waals surface area contributed by atoms with Gasteiger partial charge in [-0.05, 0) is 95.5 Å². The van der Waals surface area contributed by atoms with Crippen LogP contribution in [0.2, 0.25) is 0 Å². The Labute approximate surface area is 177 Å². The standard InChI is InChI=1S/C27H28NS/c1-17-13-22-10-12-29-26(22)16-24(17)27-23-8-7-20(15-21(23)9-11-28(27)2)25-14-18-3-5-19(25)6-4-18/h7-13,15-16,18-19,25H,3-6,14H2,1-2H3/q+1. The van der Waals surface area contributed by atoms with Crippen LogP contribution in [0.5, 0.6) is 0 Å². The van der Waals surface area contributed by atoms with E-state index in [9.17, 15) is 0 Å². The molecule has 0 spiro atoms. The zero-order chi connectivity index (χ0) is 19.5. The second-order valence-corrected chi connectivity index (χ2v) is 10.3. The summed E-state index contributed by atoms with van der Waals surface area (Å²) in [6, 6.07) is 16.6. The Hall–Kier alpha value is -2.19. The third-order valence-electron chi connectivity index (χ3n) is 7.69. The van der Waals surface area contributed by atoms with Gasteiger partial charge in [-0.15, -0.1) is 11.3 Å². The summed E-state index contributed by atoms with van der Waals surface area (Å²) in [6.45, 7) is 2.25. The first-order valence-electron chi connectivity index (χ1n) is 11.1. The van der Waals surface area contributed by atoms with Gasteiger partial charge < -0.3 is 0 Å². The Morgan fingerprint density at radius 3 is 2.59 bits per heavy atom. The first-order chi connectivity index (χ1) is 14.2. The van der Waals surface area contributed by atoms with Gasteiger partial charge in [0.15, 0.2) is 6.20 Å². The predicted molar refractivity (Wildman–Crippen MR) is 123 cm³/mol.